The van der Waals surface area contributed by atoms with Crippen LogP contribution >= 0.6 is 11.3 Å². The van der Waals surface area contributed by atoms with Gasteiger partial charge in [-0.15, -0.1) is 11.3 Å². The van der Waals surface area contributed by atoms with E-state index in [4.69, 9.17) is 9.72 Å². The molecule has 0 fully saturated rings. The van der Waals surface area contributed by atoms with Crippen LogP contribution in [0, 0.1) is 5.92 Å². The predicted molar refractivity (Wildman–Crippen MR) is 78.0 cm³/mol. The van der Waals surface area contributed by atoms with Gasteiger partial charge in [0.25, 0.3) is 0 Å². The number of ether oxygens (including phenoxy) is 1. The first-order chi connectivity index (χ1) is 8.56. The molecule has 0 aliphatic rings. The molecule has 18 heavy (non-hydrogen) atoms. The summed E-state index contributed by atoms with van der Waals surface area (Å²) in [6.07, 6.45) is 2.21. The minimum Gasteiger partial charge on any atom is -0.378 e. The number of aromatic nitrogens is 1. The Morgan fingerprint density at radius 1 is 1.33 bits per heavy atom. The summed E-state index contributed by atoms with van der Waals surface area (Å²) in [7, 11) is 1.73. The Morgan fingerprint density at radius 3 is 2.61 bits per heavy atom. The Balaban J connectivity index is 2.70. The molecule has 0 radical (unpaired) electrons. The first-order valence-electron chi connectivity index (χ1n) is 6.76. The van der Waals surface area contributed by atoms with Crippen molar-refractivity contribution in [1.29, 1.82) is 0 Å². The van der Waals surface area contributed by atoms with E-state index in [1.165, 1.54) is 9.88 Å². The molecule has 0 spiro atoms. The van der Waals surface area contributed by atoms with E-state index in [1.54, 1.807) is 7.11 Å². The molecule has 1 N–H and O–H groups in total. The number of rotatable bonds is 8. The van der Waals surface area contributed by atoms with Gasteiger partial charge in [0, 0.05) is 31.0 Å². The van der Waals surface area contributed by atoms with E-state index in [0.29, 0.717) is 18.6 Å². The molecule has 3 nitrogen and oxygen atoms in total. The molecule has 1 unspecified atom stereocenters. The Kier molecular flexibility index (Phi) is 6.82. The van der Waals surface area contributed by atoms with E-state index in [9.17, 15) is 0 Å². The Hall–Kier alpha value is -0.450. The molecule has 1 aromatic heterocycles. The number of nitrogens with one attached hydrogen (secondary N) is 1. The third-order valence-corrected chi connectivity index (χ3v) is 4.03. The van der Waals surface area contributed by atoms with Crippen molar-refractivity contribution < 1.29 is 4.74 Å². The summed E-state index contributed by atoms with van der Waals surface area (Å²) in [6.45, 7) is 10.4. The van der Waals surface area contributed by atoms with E-state index in [0.717, 1.165) is 25.1 Å². The van der Waals surface area contributed by atoms with Crippen LogP contribution in [-0.4, -0.2) is 18.1 Å². The number of thiazole rings is 1. The molecule has 0 saturated carbocycles. The van der Waals surface area contributed by atoms with Gasteiger partial charge in [0.2, 0.25) is 0 Å². The lowest BCUT2D eigenvalue weighted by Crippen LogP contribution is -2.24. The zero-order valence-electron chi connectivity index (χ0n) is 12.2. The van der Waals surface area contributed by atoms with Crippen molar-refractivity contribution >= 4 is 11.3 Å². The number of hydrogen-bond acceptors (Lipinski definition) is 4. The second-order valence-electron chi connectivity index (χ2n) is 5.20. The maximum atomic E-state index is 5.24. The Morgan fingerprint density at radius 2 is 2.06 bits per heavy atom. The maximum Gasteiger partial charge on any atom is 0.0935 e. The predicted octanol–water partition coefficient (Wildman–Crippen LogP) is 3.38. The van der Waals surface area contributed by atoms with Gasteiger partial charge < -0.3 is 10.1 Å². The van der Waals surface area contributed by atoms with Crippen LogP contribution in [0.25, 0.3) is 0 Å². The van der Waals surface area contributed by atoms with E-state index < -0.39 is 0 Å². The van der Waals surface area contributed by atoms with Gasteiger partial charge in [0.05, 0.1) is 17.3 Å². The van der Waals surface area contributed by atoms with Gasteiger partial charge in [0.15, 0.2) is 0 Å². The van der Waals surface area contributed by atoms with Crippen molar-refractivity contribution in [3.05, 3.63) is 15.6 Å². The monoisotopic (exact) mass is 270 g/mol. The summed E-state index contributed by atoms with van der Waals surface area (Å²) < 4.78 is 5.24. The summed E-state index contributed by atoms with van der Waals surface area (Å²) in [5.41, 5.74) is 1.11. The highest BCUT2D eigenvalue weighted by Crippen LogP contribution is 2.22. The number of methoxy groups -OCH3 is 1. The molecule has 0 bridgehead atoms. The zero-order chi connectivity index (χ0) is 13.5. The number of nitrogens with zero attached hydrogens (tertiary/aromatic N) is 1. The summed E-state index contributed by atoms with van der Waals surface area (Å²) in [6, 6.07) is 0.552. The van der Waals surface area contributed by atoms with Crippen LogP contribution in [0.2, 0.25) is 0 Å². The average Bonchev–Trinajstić information content (AvgIpc) is 2.67. The van der Waals surface area contributed by atoms with Crippen LogP contribution in [0.4, 0.5) is 0 Å². The fourth-order valence-electron chi connectivity index (χ4n) is 1.67. The van der Waals surface area contributed by atoms with Crippen LogP contribution < -0.4 is 5.32 Å². The SMILES string of the molecule is CCC(C)NCc1sc(CC(C)C)nc1COC. The minimum atomic E-state index is 0.552. The number of hydrogen-bond donors (Lipinski definition) is 1. The lowest BCUT2D eigenvalue weighted by Gasteiger charge is -2.10. The maximum absolute atomic E-state index is 5.24. The van der Waals surface area contributed by atoms with E-state index in [-0.39, 0.29) is 0 Å². The van der Waals surface area contributed by atoms with Crippen LogP contribution in [-0.2, 0) is 24.3 Å². The molecule has 1 rings (SSSR count). The topological polar surface area (TPSA) is 34.2 Å². The highest BCUT2D eigenvalue weighted by Gasteiger charge is 2.12. The summed E-state index contributed by atoms with van der Waals surface area (Å²) in [4.78, 5) is 6.02. The molecule has 1 heterocycles. The van der Waals surface area contributed by atoms with Gasteiger partial charge in [-0.05, 0) is 19.3 Å². The fraction of sp³-hybridized carbons (Fsp3) is 0.786. The average molecular weight is 270 g/mol. The fourth-order valence-corrected chi connectivity index (χ4v) is 2.91. The minimum absolute atomic E-state index is 0.552. The van der Waals surface area contributed by atoms with E-state index in [2.05, 4.69) is 33.0 Å². The quantitative estimate of drug-likeness (QED) is 0.786. The van der Waals surface area contributed by atoms with Gasteiger partial charge in [-0.1, -0.05) is 20.8 Å². The lowest BCUT2D eigenvalue weighted by atomic mass is 10.1. The summed E-state index contributed by atoms with van der Waals surface area (Å²) in [5, 5.41) is 4.76. The largest absolute Gasteiger partial charge is 0.378 e. The molecule has 0 saturated heterocycles. The van der Waals surface area contributed by atoms with Crippen LogP contribution in [0.5, 0.6) is 0 Å². The molecule has 0 aliphatic heterocycles. The lowest BCUT2D eigenvalue weighted by molar-refractivity contribution is 0.181. The first-order valence-corrected chi connectivity index (χ1v) is 7.58. The molecule has 4 heteroatoms. The molecule has 104 valence electrons. The van der Waals surface area contributed by atoms with Gasteiger partial charge in [0.1, 0.15) is 0 Å². The Bertz CT molecular complexity index is 350. The van der Waals surface area contributed by atoms with Gasteiger partial charge in [-0.25, -0.2) is 4.98 Å². The van der Waals surface area contributed by atoms with Crippen LogP contribution in [0.1, 0.15) is 49.7 Å². The molecule has 0 amide bonds. The molecular formula is C14H26N2OS. The van der Waals surface area contributed by atoms with E-state index in [1.807, 2.05) is 11.3 Å². The van der Waals surface area contributed by atoms with Crippen molar-refractivity contribution in [2.45, 2.75) is 59.7 Å². The molecular weight excluding hydrogens is 244 g/mol. The molecule has 1 atom stereocenters. The van der Waals surface area contributed by atoms with Crippen LogP contribution in [0.3, 0.4) is 0 Å². The van der Waals surface area contributed by atoms with Crippen molar-refractivity contribution in [3.63, 3.8) is 0 Å². The third kappa shape index (κ3) is 5.04. The first kappa shape index (κ1) is 15.6. The van der Waals surface area contributed by atoms with Crippen molar-refractivity contribution in [1.82, 2.24) is 10.3 Å². The zero-order valence-corrected chi connectivity index (χ0v) is 13.1. The van der Waals surface area contributed by atoms with Crippen LogP contribution in [0.15, 0.2) is 0 Å². The Labute approximate surface area is 115 Å². The molecule has 0 aromatic carbocycles. The molecule has 1 aromatic rings. The van der Waals surface area contributed by atoms with Crippen molar-refractivity contribution in [2.24, 2.45) is 5.92 Å². The second kappa shape index (κ2) is 7.87. The van der Waals surface area contributed by atoms with Gasteiger partial charge in [-0.2, -0.15) is 0 Å². The molecule has 0 aliphatic carbocycles. The third-order valence-electron chi connectivity index (χ3n) is 2.91. The summed E-state index contributed by atoms with van der Waals surface area (Å²) >= 11 is 1.83. The van der Waals surface area contributed by atoms with Crippen molar-refractivity contribution in [3.8, 4) is 0 Å². The van der Waals surface area contributed by atoms with E-state index >= 15 is 0 Å². The highest BCUT2D eigenvalue weighted by molar-refractivity contribution is 7.11. The standard InChI is InChI=1S/C14H26N2OS/c1-6-11(4)15-8-13-12(9-17-5)16-14(18-13)7-10(2)3/h10-11,15H,6-9H2,1-5H3. The second-order valence-corrected chi connectivity index (χ2v) is 6.37. The normalized spacial score (nSPS) is 13.2. The van der Waals surface area contributed by atoms with Gasteiger partial charge in [-0.3, -0.25) is 0 Å². The van der Waals surface area contributed by atoms with Gasteiger partial charge >= 0.3 is 0 Å². The smallest absolute Gasteiger partial charge is 0.0935 e. The van der Waals surface area contributed by atoms with Crippen molar-refractivity contribution in [2.75, 3.05) is 7.11 Å². The highest BCUT2D eigenvalue weighted by atomic mass is 32.1. The summed E-state index contributed by atoms with van der Waals surface area (Å²) in [5.74, 6) is 0.655.